The summed E-state index contributed by atoms with van der Waals surface area (Å²) in [5.74, 6) is 0.969. The lowest BCUT2D eigenvalue weighted by Gasteiger charge is -2.07. The van der Waals surface area contributed by atoms with E-state index in [1.165, 1.54) is 5.56 Å². The Bertz CT molecular complexity index is 620. The van der Waals surface area contributed by atoms with Crippen LogP contribution >= 0.6 is 15.9 Å². The van der Waals surface area contributed by atoms with Crippen molar-refractivity contribution in [1.82, 2.24) is 0 Å². The molecule has 0 amide bonds. The molecule has 0 spiro atoms. The van der Waals surface area contributed by atoms with Crippen LogP contribution in [0.2, 0.25) is 0 Å². The molecule has 0 radical (unpaired) electrons. The molecule has 104 valence electrons. The fraction of sp³-hybridized carbons (Fsp3) is 0.235. The molecule has 2 aromatic carbocycles. The summed E-state index contributed by atoms with van der Waals surface area (Å²) in [6.45, 7) is 2.03. The Morgan fingerprint density at radius 1 is 1.15 bits per heavy atom. The summed E-state index contributed by atoms with van der Waals surface area (Å²) in [5, 5.41) is 0. The molecule has 0 aliphatic heterocycles. The van der Waals surface area contributed by atoms with E-state index in [1.807, 2.05) is 43.3 Å². The van der Waals surface area contributed by atoms with Gasteiger partial charge in [-0.05, 0) is 36.2 Å². The van der Waals surface area contributed by atoms with Crippen LogP contribution in [0.3, 0.4) is 0 Å². The van der Waals surface area contributed by atoms with E-state index in [1.54, 1.807) is 7.11 Å². The number of aryl methyl sites for hydroxylation is 1. The van der Waals surface area contributed by atoms with Crippen molar-refractivity contribution in [1.29, 1.82) is 0 Å². The van der Waals surface area contributed by atoms with Gasteiger partial charge in [0.1, 0.15) is 11.5 Å². The minimum Gasteiger partial charge on any atom is -0.497 e. The molecule has 0 atom stereocenters. The van der Waals surface area contributed by atoms with Crippen molar-refractivity contribution in [2.45, 2.75) is 19.8 Å². The lowest BCUT2D eigenvalue weighted by atomic mass is 10.0. The third kappa shape index (κ3) is 3.94. The fourth-order valence-electron chi connectivity index (χ4n) is 2.14. The number of Topliss-reactive ketones (excluding diaryl/α,β-unsaturated/α-hetero) is 1. The van der Waals surface area contributed by atoms with Crippen LogP contribution in [0.1, 0.15) is 16.7 Å². The van der Waals surface area contributed by atoms with Crippen molar-refractivity contribution >= 4 is 21.7 Å². The molecular formula is C17H17BrO2. The van der Waals surface area contributed by atoms with Gasteiger partial charge in [-0.3, -0.25) is 4.79 Å². The van der Waals surface area contributed by atoms with Crippen molar-refractivity contribution in [3.05, 3.63) is 63.6 Å². The quantitative estimate of drug-likeness (QED) is 0.823. The Morgan fingerprint density at radius 2 is 1.95 bits per heavy atom. The first-order chi connectivity index (χ1) is 9.58. The highest BCUT2D eigenvalue weighted by molar-refractivity contribution is 9.10. The van der Waals surface area contributed by atoms with Crippen LogP contribution in [0, 0.1) is 6.92 Å². The third-order valence-corrected chi connectivity index (χ3v) is 3.90. The zero-order chi connectivity index (χ0) is 14.5. The van der Waals surface area contributed by atoms with Crippen molar-refractivity contribution in [2.24, 2.45) is 0 Å². The molecular weight excluding hydrogens is 316 g/mol. The molecule has 0 aliphatic carbocycles. The number of rotatable bonds is 5. The molecule has 0 fully saturated rings. The summed E-state index contributed by atoms with van der Waals surface area (Å²) < 4.78 is 6.13. The molecule has 0 aromatic heterocycles. The predicted molar refractivity (Wildman–Crippen MR) is 84.3 cm³/mol. The lowest BCUT2D eigenvalue weighted by molar-refractivity contribution is -0.117. The Kier molecular flexibility index (Phi) is 4.96. The van der Waals surface area contributed by atoms with Crippen LogP contribution in [-0.4, -0.2) is 12.9 Å². The molecule has 0 bridgehead atoms. The van der Waals surface area contributed by atoms with Gasteiger partial charge in [0.15, 0.2) is 0 Å². The maximum atomic E-state index is 12.2. The van der Waals surface area contributed by atoms with Gasteiger partial charge in [-0.15, -0.1) is 0 Å². The highest BCUT2D eigenvalue weighted by Crippen LogP contribution is 2.23. The minimum absolute atomic E-state index is 0.199. The summed E-state index contributed by atoms with van der Waals surface area (Å²) in [4.78, 5) is 12.2. The smallest absolute Gasteiger partial charge is 0.141 e. The number of carbonyl (C=O) groups excluding carboxylic acids is 1. The maximum absolute atomic E-state index is 12.2. The molecule has 0 saturated heterocycles. The van der Waals surface area contributed by atoms with Crippen molar-refractivity contribution in [3.63, 3.8) is 0 Å². The van der Waals surface area contributed by atoms with Gasteiger partial charge < -0.3 is 4.74 Å². The van der Waals surface area contributed by atoms with Gasteiger partial charge >= 0.3 is 0 Å². The standard InChI is InChI=1S/C17H17BrO2/c1-12-4-3-5-13(8-12)9-15(19)10-14-11-16(20-2)6-7-17(14)18/h3-8,11H,9-10H2,1-2H3. The molecule has 20 heavy (non-hydrogen) atoms. The Hall–Kier alpha value is -1.61. The first-order valence-electron chi connectivity index (χ1n) is 6.48. The molecule has 0 N–H and O–H groups in total. The molecule has 0 saturated carbocycles. The van der Waals surface area contributed by atoms with E-state index >= 15 is 0 Å². The van der Waals surface area contributed by atoms with Crippen LogP contribution in [0.15, 0.2) is 46.9 Å². The summed E-state index contributed by atoms with van der Waals surface area (Å²) in [5.41, 5.74) is 3.20. The summed E-state index contributed by atoms with van der Waals surface area (Å²) in [6, 6.07) is 13.8. The van der Waals surface area contributed by atoms with E-state index in [9.17, 15) is 4.79 Å². The number of hydrogen-bond acceptors (Lipinski definition) is 2. The highest BCUT2D eigenvalue weighted by Gasteiger charge is 2.09. The SMILES string of the molecule is COc1ccc(Br)c(CC(=O)Cc2cccc(C)c2)c1. The van der Waals surface area contributed by atoms with Gasteiger partial charge in [-0.2, -0.15) is 0 Å². The summed E-state index contributed by atoms with van der Waals surface area (Å²) in [6.07, 6.45) is 0.872. The fourth-order valence-corrected chi connectivity index (χ4v) is 2.53. The number of ketones is 1. The van der Waals surface area contributed by atoms with Crippen molar-refractivity contribution < 1.29 is 9.53 Å². The molecule has 2 rings (SSSR count). The number of methoxy groups -OCH3 is 1. The van der Waals surface area contributed by atoms with Crippen molar-refractivity contribution in [2.75, 3.05) is 7.11 Å². The zero-order valence-corrected chi connectivity index (χ0v) is 13.2. The van der Waals surface area contributed by atoms with E-state index in [-0.39, 0.29) is 5.78 Å². The van der Waals surface area contributed by atoms with Gasteiger partial charge in [0.05, 0.1) is 7.11 Å². The number of carbonyl (C=O) groups is 1. The third-order valence-electron chi connectivity index (χ3n) is 3.12. The van der Waals surface area contributed by atoms with Crippen LogP contribution < -0.4 is 4.74 Å². The highest BCUT2D eigenvalue weighted by atomic mass is 79.9. The zero-order valence-electron chi connectivity index (χ0n) is 11.7. The first kappa shape index (κ1) is 14.8. The van der Waals surface area contributed by atoms with Crippen LogP contribution in [0.4, 0.5) is 0 Å². The van der Waals surface area contributed by atoms with E-state index in [0.29, 0.717) is 12.8 Å². The average molecular weight is 333 g/mol. The molecule has 2 aromatic rings. The van der Waals surface area contributed by atoms with E-state index in [2.05, 4.69) is 22.0 Å². The number of benzene rings is 2. The Morgan fingerprint density at radius 3 is 2.65 bits per heavy atom. The molecule has 3 heteroatoms. The molecule has 0 unspecified atom stereocenters. The van der Waals surface area contributed by atoms with E-state index < -0.39 is 0 Å². The minimum atomic E-state index is 0.199. The summed E-state index contributed by atoms with van der Waals surface area (Å²) >= 11 is 3.48. The number of hydrogen-bond donors (Lipinski definition) is 0. The van der Waals surface area contributed by atoms with Gasteiger partial charge in [-0.1, -0.05) is 45.8 Å². The second kappa shape index (κ2) is 6.71. The Labute approximate surface area is 127 Å². The maximum Gasteiger partial charge on any atom is 0.141 e. The summed E-state index contributed by atoms with van der Waals surface area (Å²) in [7, 11) is 1.63. The van der Waals surface area contributed by atoms with Crippen LogP contribution in [0.5, 0.6) is 5.75 Å². The van der Waals surface area contributed by atoms with Gasteiger partial charge in [0.2, 0.25) is 0 Å². The lowest BCUT2D eigenvalue weighted by Crippen LogP contribution is -2.07. The van der Waals surface area contributed by atoms with Crippen LogP contribution in [0.25, 0.3) is 0 Å². The van der Waals surface area contributed by atoms with E-state index in [0.717, 1.165) is 21.3 Å². The van der Waals surface area contributed by atoms with Crippen LogP contribution in [-0.2, 0) is 17.6 Å². The Balaban J connectivity index is 2.08. The monoisotopic (exact) mass is 332 g/mol. The largest absolute Gasteiger partial charge is 0.497 e. The van der Waals surface area contributed by atoms with Gasteiger partial charge in [-0.25, -0.2) is 0 Å². The molecule has 2 nitrogen and oxygen atoms in total. The average Bonchev–Trinajstić information content (AvgIpc) is 2.41. The normalized spacial score (nSPS) is 10.3. The van der Waals surface area contributed by atoms with Crippen molar-refractivity contribution in [3.8, 4) is 5.75 Å². The first-order valence-corrected chi connectivity index (χ1v) is 7.27. The second-order valence-electron chi connectivity index (χ2n) is 4.84. The molecule has 0 heterocycles. The number of halogens is 1. The van der Waals surface area contributed by atoms with Gasteiger partial charge in [0.25, 0.3) is 0 Å². The molecule has 0 aliphatic rings. The second-order valence-corrected chi connectivity index (χ2v) is 5.69. The predicted octanol–water partition coefficient (Wildman–Crippen LogP) is 4.12. The van der Waals surface area contributed by atoms with Gasteiger partial charge in [0, 0.05) is 17.3 Å². The topological polar surface area (TPSA) is 26.3 Å². The number of ether oxygens (including phenoxy) is 1. The van der Waals surface area contributed by atoms with E-state index in [4.69, 9.17) is 4.74 Å².